The summed E-state index contributed by atoms with van der Waals surface area (Å²) in [5, 5.41) is 2.53. The lowest BCUT2D eigenvalue weighted by Crippen LogP contribution is -2.18. The average molecular weight is 534 g/mol. The lowest BCUT2D eigenvalue weighted by Gasteiger charge is -2.14. The third-order valence-corrected chi connectivity index (χ3v) is 9.78. The van der Waals surface area contributed by atoms with Crippen molar-refractivity contribution >= 4 is 25.7 Å². The van der Waals surface area contributed by atoms with Crippen LogP contribution in [0.1, 0.15) is 31.2 Å². The Morgan fingerprint density at radius 2 is 1.81 bits per heavy atom. The fourth-order valence-corrected chi connectivity index (χ4v) is 6.76. The second-order valence-electron chi connectivity index (χ2n) is 9.34. The van der Waals surface area contributed by atoms with Gasteiger partial charge in [0.2, 0.25) is 10.0 Å². The highest BCUT2D eigenvalue weighted by atomic mass is 32.2. The highest BCUT2D eigenvalue weighted by molar-refractivity contribution is 7.93. The van der Waals surface area contributed by atoms with Crippen LogP contribution in [-0.2, 0) is 26.6 Å². The highest BCUT2D eigenvalue weighted by Gasteiger charge is 2.36. The average Bonchev–Trinajstić information content (AvgIpc) is 3.76. The largest absolute Gasteiger partial charge is 0.493 e. The van der Waals surface area contributed by atoms with Gasteiger partial charge in [0.1, 0.15) is 11.6 Å². The van der Waals surface area contributed by atoms with Crippen molar-refractivity contribution in [3.05, 3.63) is 66.1 Å². The number of nitrogens with one attached hydrogen (secondary N) is 2. The molecule has 2 N–H and O–H groups in total. The van der Waals surface area contributed by atoms with Crippen LogP contribution in [0.25, 0.3) is 11.3 Å². The van der Waals surface area contributed by atoms with Gasteiger partial charge in [-0.25, -0.2) is 25.2 Å². The Hall–Kier alpha value is -2.89. The number of nitrogens with zero attached hydrogens (tertiary/aromatic N) is 1. The van der Waals surface area contributed by atoms with Crippen molar-refractivity contribution in [2.45, 2.75) is 42.4 Å². The van der Waals surface area contributed by atoms with Crippen LogP contribution in [0.5, 0.6) is 5.75 Å². The molecule has 0 unspecified atom stereocenters. The summed E-state index contributed by atoms with van der Waals surface area (Å²) >= 11 is 0. The Bertz CT molecular complexity index is 1490. The molecule has 11 heteroatoms. The Morgan fingerprint density at radius 3 is 2.47 bits per heavy atom. The molecule has 2 aliphatic carbocycles. The van der Waals surface area contributed by atoms with Gasteiger partial charge in [0, 0.05) is 30.1 Å². The van der Waals surface area contributed by atoms with E-state index in [1.807, 2.05) is 0 Å². The molecule has 1 heterocycles. The van der Waals surface area contributed by atoms with E-state index in [1.165, 1.54) is 42.6 Å². The van der Waals surface area contributed by atoms with Crippen molar-refractivity contribution in [1.82, 2.24) is 9.29 Å². The zero-order chi connectivity index (χ0) is 25.5. The number of halogens is 1. The molecular weight excluding hydrogens is 505 g/mol. The van der Waals surface area contributed by atoms with Gasteiger partial charge in [-0.1, -0.05) is 6.07 Å². The molecule has 1 aromatic heterocycles. The summed E-state index contributed by atoms with van der Waals surface area (Å²) in [6.45, 7) is 0.914. The van der Waals surface area contributed by atoms with Crippen molar-refractivity contribution in [2.24, 2.45) is 5.92 Å². The first-order valence-corrected chi connectivity index (χ1v) is 14.8. The first kappa shape index (κ1) is 24.8. The van der Waals surface area contributed by atoms with Crippen molar-refractivity contribution in [2.75, 3.05) is 18.4 Å². The maximum atomic E-state index is 15.2. The lowest BCUT2D eigenvalue weighted by atomic mass is 10.1. The molecule has 2 fully saturated rings. The standard InChI is InChI=1S/C25H28FN3O5S2/c1-27-14-18-11-25(23-10-7-20(13-24(23)26)34-16-17-5-6-17)29(15-18)36(32,33)22-4-2-3-19(12-22)28-35(30,31)21-8-9-21/h2-4,7,10-13,15,17,21,27-28H,5-6,8-9,14,16H2,1H3. The topological polar surface area (TPSA) is 106 Å². The van der Waals surface area contributed by atoms with E-state index >= 15 is 4.39 Å². The van der Waals surface area contributed by atoms with Crippen LogP contribution in [-0.4, -0.2) is 39.7 Å². The molecule has 5 rings (SSSR count). The molecule has 0 amide bonds. The van der Waals surface area contributed by atoms with Crippen LogP contribution in [0.2, 0.25) is 0 Å². The first-order chi connectivity index (χ1) is 17.2. The van der Waals surface area contributed by atoms with Crippen LogP contribution in [0.3, 0.4) is 0 Å². The minimum atomic E-state index is -4.18. The van der Waals surface area contributed by atoms with E-state index in [9.17, 15) is 16.8 Å². The lowest BCUT2D eigenvalue weighted by molar-refractivity contribution is 0.298. The molecule has 0 radical (unpaired) electrons. The van der Waals surface area contributed by atoms with E-state index in [4.69, 9.17) is 4.74 Å². The number of rotatable bonds is 11. The smallest absolute Gasteiger partial charge is 0.268 e. The Labute approximate surface area is 210 Å². The zero-order valence-corrected chi connectivity index (χ0v) is 21.4. The normalized spacial score (nSPS) is 16.2. The number of ether oxygens (including phenoxy) is 1. The van der Waals surface area contributed by atoms with Crippen LogP contribution in [0, 0.1) is 11.7 Å². The van der Waals surface area contributed by atoms with Crippen molar-refractivity contribution in [3.8, 4) is 17.0 Å². The third-order valence-electron chi connectivity index (χ3n) is 6.24. The van der Waals surface area contributed by atoms with Crippen LogP contribution < -0.4 is 14.8 Å². The quantitative estimate of drug-likeness (QED) is 0.387. The van der Waals surface area contributed by atoms with Crippen LogP contribution in [0.15, 0.2) is 59.6 Å². The minimum absolute atomic E-state index is 0.115. The molecule has 3 aromatic rings. The zero-order valence-electron chi connectivity index (χ0n) is 19.8. The SMILES string of the molecule is CNCc1cc(-c2ccc(OCC3CC3)cc2F)n(S(=O)(=O)c2cccc(NS(=O)(=O)C3CC3)c2)c1. The van der Waals surface area contributed by atoms with Gasteiger partial charge in [-0.3, -0.25) is 4.72 Å². The second-order valence-corrected chi connectivity index (χ2v) is 13.1. The summed E-state index contributed by atoms with van der Waals surface area (Å²) in [5.74, 6) is 0.318. The van der Waals surface area contributed by atoms with Gasteiger partial charge in [-0.05, 0) is 80.6 Å². The van der Waals surface area contributed by atoms with Crippen LogP contribution in [0.4, 0.5) is 10.1 Å². The summed E-state index contributed by atoms with van der Waals surface area (Å²) in [7, 11) is -6.01. The van der Waals surface area contributed by atoms with Crippen LogP contribution >= 0.6 is 0 Å². The molecule has 0 aliphatic heterocycles. The second kappa shape index (κ2) is 9.53. The van der Waals surface area contributed by atoms with Crippen molar-refractivity contribution in [3.63, 3.8) is 0 Å². The van der Waals surface area contributed by atoms with Gasteiger partial charge in [0.15, 0.2) is 0 Å². The molecule has 192 valence electrons. The molecule has 0 bridgehead atoms. The van der Waals surface area contributed by atoms with E-state index in [0.717, 1.165) is 16.8 Å². The number of hydrogen-bond acceptors (Lipinski definition) is 6. The molecule has 2 saturated carbocycles. The Kier molecular flexibility index (Phi) is 6.56. The molecule has 0 atom stereocenters. The van der Waals surface area contributed by atoms with E-state index in [-0.39, 0.29) is 21.8 Å². The van der Waals surface area contributed by atoms with Crippen molar-refractivity contribution in [1.29, 1.82) is 0 Å². The monoisotopic (exact) mass is 533 g/mol. The van der Waals surface area contributed by atoms with Gasteiger partial charge in [-0.2, -0.15) is 0 Å². The fourth-order valence-electron chi connectivity index (χ4n) is 3.94. The van der Waals surface area contributed by atoms with Gasteiger partial charge >= 0.3 is 0 Å². The molecule has 2 aliphatic rings. The van der Waals surface area contributed by atoms with Gasteiger partial charge in [0.05, 0.1) is 22.4 Å². The summed E-state index contributed by atoms with van der Waals surface area (Å²) in [5.41, 5.74) is 1.09. The predicted molar refractivity (Wildman–Crippen MR) is 135 cm³/mol. The highest BCUT2D eigenvalue weighted by Crippen LogP contribution is 2.34. The molecule has 8 nitrogen and oxygen atoms in total. The third kappa shape index (κ3) is 5.28. The first-order valence-electron chi connectivity index (χ1n) is 11.8. The van der Waals surface area contributed by atoms with Gasteiger partial charge < -0.3 is 10.1 Å². The predicted octanol–water partition coefficient (Wildman–Crippen LogP) is 3.94. The summed E-state index contributed by atoms with van der Waals surface area (Å²) in [4.78, 5) is -0.115. The van der Waals surface area contributed by atoms with Gasteiger partial charge in [0.25, 0.3) is 10.0 Å². The van der Waals surface area contributed by atoms with Gasteiger partial charge in [-0.15, -0.1) is 0 Å². The summed E-state index contributed by atoms with van der Waals surface area (Å²) in [6, 6.07) is 11.7. The molecule has 36 heavy (non-hydrogen) atoms. The van der Waals surface area contributed by atoms with E-state index < -0.39 is 31.1 Å². The molecule has 0 saturated heterocycles. The molecule has 0 spiro atoms. The maximum Gasteiger partial charge on any atom is 0.268 e. The Morgan fingerprint density at radius 1 is 1.03 bits per heavy atom. The number of benzene rings is 2. The number of anilines is 1. The number of sulfonamides is 1. The summed E-state index contributed by atoms with van der Waals surface area (Å²) in [6.07, 6.45) is 4.85. The summed E-state index contributed by atoms with van der Waals surface area (Å²) < 4.78 is 76.4. The number of aromatic nitrogens is 1. The van der Waals surface area contributed by atoms with E-state index in [0.29, 0.717) is 43.2 Å². The van der Waals surface area contributed by atoms with E-state index in [2.05, 4.69) is 10.0 Å². The van der Waals surface area contributed by atoms with Crippen molar-refractivity contribution < 1.29 is 26.0 Å². The minimum Gasteiger partial charge on any atom is -0.493 e. The Balaban J connectivity index is 1.50. The van der Waals surface area contributed by atoms with E-state index in [1.54, 1.807) is 19.2 Å². The maximum absolute atomic E-state index is 15.2. The fraction of sp³-hybridized carbons (Fsp3) is 0.360. The molecular formula is C25H28FN3O5S2. The molecule has 2 aromatic carbocycles. The number of hydrogen-bond donors (Lipinski definition) is 2.